The number of rotatable bonds is 38. The summed E-state index contributed by atoms with van der Waals surface area (Å²) < 4.78 is 16.6. The molecule has 0 fully saturated rings. The molecule has 0 saturated carbocycles. The van der Waals surface area contributed by atoms with Crippen LogP contribution in [0.15, 0.2) is 0 Å². The van der Waals surface area contributed by atoms with Crippen LogP contribution >= 0.6 is 0 Å². The van der Waals surface area contributed by atoms with E-state index in [1.54, 1.807) is 0 Å². The van der Waals surface area contributed by atoms with Gasteiger partial charge in [-0.05, 0) is 25.2 Å². The van der Waals surface area contributed by atoms with E-state index in [-0.39, 0.29) is 31.1 Å². The molecular formula is C43H82O6. The standard InChI is InChI=1S/C43H82O6/c1-5-7-9-11-12-13-14-15-16-17-20-23-27-31-35-42(45)48-38-40(37-47-41(44)34-30-25-10-8-6-2)49-43(46)36-32-28-24-21-18-19-22-26-29-33-39(3)4/h39-40H,5-38H2,1-4H3/t40-/m0/s1. The first kappa shape index (κ1) is 47.4. The Hall–Kier alpha value is -1.59. The number of hydrogen-bond donors (Lipinski definition) is 0. The van der Waals surface area contributed by atoms with Crippen LogP contribution in [0, 0.1) is 5.92 Å². The number of unbranched alkanes of at least 4 members (excludes halogenated alkanes) is 25. The molecular weight excluding hydrogens is 612 g/mol. The van der Waals surface area contributed by atoms with E-state index in [2.05, 4.69) is 27.7 Å². The highest BCUT2D eigenvalue weighted by molar-refractivity contribution is 5.71. The average molecular weight is 695 g/mol. The van der Waals surface area contributed by atoms with Crippen LogP contribution in [-0.2, 0) is 28.6 Å². The summed E-state index contributed by atoms with van der Waals surface area (Å²) in [6.07, 6.45) is 35.4. The van der Waals surface area contributed by atoms with Crippen LogP contribution in [0.2, 0.25) is 0 Å². The molecule has 49 heavy (non-hydrogen) atoms. The summed E-state index contributed by atoms with van der Waals surface area (Å²) in [6, 6.07) is 0. The van der Waals surface area contributed by atoms with Gasteiger partial charge in [-0.3, -0.25) is 14.4 Å². The van der Waals surface area contributed by atoms with Gasteiger partial charge >= 0.3 is 17.9 Å². The molecule has 0 N–H and O–H groups in total. The van der Waals surface area contributed by atoms with E-state index in [9.17, 15) is 14.4 Å². The van der Waals surface area contributed by atoms with E-state index >= 15 is 0 Å². The SMILES string of the molecule is CCCCCCCCCCCCCCCCC(=O)OC[C@H](COC(=O)CCCCCCC)OC(=O)CCCCCCCCCCCC(C)C. The van der Waals surface area contributed by atoms with E-state index < -0.39 is 6.10 Å². The molecule has 0 spiro atoms. The Morgan fingerprint density at radius 2 is 0.673 bits per heavy atom. The normalized spacial score (nSPS) is 11.9. The summed E-state index contributed by atoms with van der Waals surface area (Å²) in [5, 5.41) is 0. The second kappa shape index (κ2) is 37.7. The minimum atomic E-state index is -0.757. The molecule has 0 bridgehead atoms. The molecule has 0 saturated heterocycles. The summed E-state index contributed by atoms with van der Waals surface area (Å²) in [4.78, 5) is 37.3. The van der Waals surface area contributed by atoms with Crippen molar-refractivity contribution in [2.24, 2.45) is 5.92 Å². The maximum absolute atomic E-state index is 12.6. The highest BCUT2D eigenvalue weighted by Crippen LogP contribution is 2.16. The van der Waals surface area contributed by atoms with Crippen molar-refractivity contribution in [2.45, 2.75) is 239 Å². The van der Waals surface area contributed by atoms with Gasteiger partial charge in [0.05, 0.1) is 0 Å². The maximum atomic E-state index is 12.6. The van der Waals surface area contributed by atoms with Crippen LogP contribution in [-0.4, -0.2) is 37.2 Å². The lowest BCUT2D eigenvalue weighted by atomic mass is 10.0. The fourth-order valence-corrected chi connectivity index (χ4v) is 6.27. The highest BCUT2D eigenvalue weighted by Gasteiger charge is 2.19. The van der Waals surface area contributed by atoms with Crippen molar-refractivity contribution in [1.82, 2.24) is 0 Å². The van der Waals surface area contributed by atoms with Gasteiger partial charge in [-0.2, -0.15) is 0 Å². The third-order valence-corrected chi connectivity index (χ3v) is 9.54. The van der Waals surface area contributed by atoms with Gasteiger partial charge in [0.1, 0.15) is 13.2 Å². The molecule has 6 heteroatoms. The first-order valence-corrected chi connectivity index (χ1v) is 21.4. The lowest BCUT2D eigenvalue weighted by molar-refractivity contribution is -0.167. The monoisotopic (exact) mass is 695 g/mol. The fraction of sp³-hybridized carbons (Fsp3) is 0.930. The Bertz CT molecular complexity index is 736. The van der Waals surface area contributed by atoms with Gasteiger partial charge in [0.2, 0.25) is 0 Å². The van der Waals surface area contributed by atoms with Crippen LogP contribution in [0.5, 0.6) is 0 Å². The largest absolute Gasteiger partial charge is 0.462 e. The number of hydrogen-bond acceptors (Lipinski definition) is 6. The molecule has 0 rings (SSSR count). The predicted octanol–water partition coefficient (Wildman–Crippen LogP) is 13.2. The Balaban J connectivity index is 4.21. The van der Waals surface area contributed by atoms with Gasteiger partial charge in [-0.15, -0.1) is 0 Å². The molecule has 0 radical (unpaired) electrons. The summed E-state index contributed by atoms with van der Waals surface area (Å²) >= 11 is 0. The zero-order valence-electron chi connectivity index (χ0n) is 33.1. The molecule has 1 atom stereocenters. The van der Waals surface area contributed by atoms with Crippen LogP contribution < -0.4 is 0 Å². The van der Waals surface area contributed by atoms with Gasteiger partial charge in [-0.25, -0.2) is 0 Å². The molecule has 0 aliphatic carbocycles. The van der Waals surface area contributed by atoms with E-state index in [1.165, 1.54) is 122 Å². The molecule has 6 nitrogen and oxygen atoms in total. The van der Waals surface area contributed by atoms with Crippen molar-refractivity contribution in [3.8, 4) is 0 Å². The van der Waals surface area contributed by atoms with E-state index in [1.807, 2.05) is 0 Å². The van der Waals surface area contributed by atoms with Gasteiger partial charge in [0, 0.05) is 19.3 Å². The average Bonchev–Trinajstić information content (AvgIpc) is 3.08. The van der Waals surface area contributed by atoms with E-state index in [4.69, 9.17) is 14.2 Å². The van der Waals surface area contributed by atoms with Crippen molar-refractivity contribution in [3.05, 3.63) is 0 Å². The summed E-state index contributed by atoms with van der Waals surface area (Å²) in [7, 11) is 0. The van der Waals surface area contributed by atoms with Crippen LogP contribution in [0.3, 0.4) is 0 Å². The highest BCUT2D eigenvalue weighted by atomic mass is 16.6. The summed E-state index contributed by atoms with van der Waals surface area (Å²) in [5.41, 5.74) is 0. The summed E-state index contributed by atoms with van der Waals surface area (Å²) in [6.45, 7) is 8.88. The van der Waals surface area contributed by atoms with E-state index in [0.29, 0.717) is 19.3 Å². The van der Waals surface area contributed by atoms with Gasteiger partial charge < -0.3 is 14.2 Å². The van der Waals surface area contributed by atoms with Crippen molar-refractivity contribution in [3.63, 3.8) is 0 Å². The van der Waals surface area contributed by atoms with Crippen LogP contribution in [0.1, 0.15) is 233 Å². The summed E-state index contributed by atoms with van der Waals surface area (Å²) in [5.74, 6) is -0.0667. The van der Waals surface area contributed by atoms with Gasteiger partial charge in [0.15, 0.2) is 6.10 Å². The third kappa shape index (κ3) is 37.5. The second-order valence-electron chi connectivity index (χ2n) is 15.1. The fourth-order valence-electron chi connectivity index (χ4n) is 6.27. The van der Waals surface area contributed by atoms with Gasteiger partial charge in [-0.1, -0.05) is 195 Å². The zero-order chi connectivity index (χ0) is 36.0. The first-order valence-electron chi connectivity index (χ1n) is 21.4. The minimum absolute atomic E-state index is 0.0654. The number of ether oxygens (including phenoxy) is 3. The smallest absolute Gasteiger partial charge is 0.306 e. The van der Waals surface area contributed by atoms with Crippen molar-refractivity contribution in [1.29, 1.82) is 0 Å². The first-order chi connectivity index (χ1) is 23.9. The number of carbonyl (C=O) groups is 3. The predicted molar refractivity (Wildman–Crippen MR) is 206 cm³/mol. The molecule has 0 aliphatic heterocycles. The Morgan fingerprint density at radius 1 is 0.388 bits per heavy atom. The molecule has 290 valence electrons. The van der Waals surface area contributed by atoms with Crippen molar-refractivity contribution in [2.75, 3.05) is 13.2 Å². The number of esters is 3. The Morgan fingerprint density at radius 3 is 1.00 bits per heavy atom. The minimum Gasteiger partial charge on any atom is -0.462 e. The lowest BCUT2D eigenvalue weighted by Crippen LogP contribution is -2.30. The van der Waals surface area contributed by atoms with E-state index in [0.717, 1.165) is 70.1 Å². The van der Waals surface area contributed by atoms with Crippen molar-refractivity contribution < 1.29 is 28.6 Å². The quantitative estimate of drug-likeness (QED) is 0.0364. The van der Waals surface area contributed by atoms with Crippen LogP contribution in [0.25, 0.3) is 0 Å². The molecule has 0 aromatic rings. The maximum Gasteiger partial charge on any atom is 0.306 e. The number of carbonyl (C=O) groups excluding carboxylic acids is 3. The molecule has 0 amide bonds. The van der Waals surface area contributed by atoms with Crippen molar-refractivity contribution >= 4 is 17.9 Å². The van der Waals surface area contributed by atoms with Gasteiger partial charge in [0.25, 0.3) is 0 Å². The molecule has 0 aromatic heterocycles. The second-order valence-corrected chi connectivity index (χ2v) is 15.1. The molecule has 0 aromatic carbocycles. The van der Waals surface area contributed by atoms with Crippen LogP contribution in [0.4, 0.5) is 0 Å². The lowest BCUT2D eigenvalue weighted by Gasteiger charge is -2.18. The molecule has 0 unspecified atom stereocenters. The Labute approximate surface area is 304 Å². The Kier molecular flexibility index (Phi) is 36.4. The third-order valence-electron chi connectivity index (χ3n) is 9.54. The zero-order valence-corrected chi connectivity index (χ0v) is 33.1. The topological polar surface area (TPSA) is 78.9 Å². The molecule has 0 heterocycles. The molecule has 0 aliphatic rings.